The maximum atomic E-state index is 11.2. The Morgan fingerprint density at radius 1 is 0.808 bits per heavy atom. The van der Waals surface area contributed by atoms with Gasteiger partial charge in [0.05, 0.1) is 20.1 Å². The second kappa shape index (κ2) is 20.7. The van der Waals surface area contributed by atoms with Crippen molar-refractivity contribution in [2.45, 2.75) is 103 Å². The summed E-state index contributed by atoms with van der Waals surface area (Å²) in [5.74, 6) is -0.432. The first-order valence-corrected chi connectivity index (χ1v) is 11.0. The molecule has 0 amide bonds. The van der Waals surface area contributed by atoms with E-state index in [4.69, 9.17) is 4.74 Å². The van der Waals surface area contributed by atoms with Crippen LogP contribution in [0.25, 0.3) is 0 Å². The van der Waals surface area contributed by atoms with Crippen LogP contribution in [0.3, 0.4) is 0 Å². The lowest BCUT2D eigenvalue weighted by atomic mass is 10.0. The lowest BCUT2D eigenvalue weighted by Crippen LogP contribution is -2.19. The number of unbranched alkanes of at least 4 members (excludes halogenated alkanes) is 13. The standard InChI is InChI=1S/C22H44O4/c1-3-4-5-6-7-8-9-10-11-12-13-14-15-16-17-26-20-21(19-23)18-22(24)25-2/h21,23H,3-20H2,1-2H3. The van der Waals surface area contributed by atoms with Crippen LogP contribution in [0.15, 0.2) is 0 Å². The Labute approximate surface area is 162 Å². The highest BCUT2D eigenvalue weighted by Gasteiger charge is 2.13. The molecule has 1 unspecified atom stereocenters. The van der Waals surface area contributed by atoms with E-state index in [2.05, 4.69) is 11.7 Å². The monoisotopic (exact) mass is 372 g/mol. The van der Waals surface area contributed by atoms with Crippen molar-refractivity contribution in [2.75, 3.05) is 26.9 Å². The van der Waals surface area contributed by atoms with E-state index < -0.39 is 0 Å². The third kappa shape index (κ3) is 18.2. The summed E-state index contributed by atoms with van der Waals surface area (Å²) in [6.07, 6.45) is 19.1. The fourth-order valence-electron chi connectivity index (χ4n) is 3.14. The molecule has 0 radical (unpaired) electrons. The number of rotatable bonds is 20. The molecular formula is C22H44O4. The van der Waals surface area contributed by atoms with Gasteiger partial charge in [0, 0.05) is 19.1 Å². The van der Waals surface area contributed by atoms with E-state index in [9.17, 15) is 9.90 Å². The van der Waals surface area contributed by atoms with Gasteiger partial charge in [0.15, 0.2) is 0 Å². The van der Waals surface area contributed by atoms with Crippen LogP contribution in [-0.4, -0.2) is 38.0 Å². The van der Waals surface area contributed by atoms with Gasteiger partial charge in [-0.2, -0.15) is 0 Å². The van der Waals surface area contributed by atoms with Crippen LogP contribution in [0, 0.1) is 5.92 Å². The van der Waals surface area contributed by atoms with E-state index >= 15 is 0 Å². The van der Waals surface area contributed by atoms with Crippen LogP contribution >= 0.6 is 0 Å². The van der Waals surface area contributed by atoms with Gasteiger partial charge in [-0.3, -0.25) is 4.79 Å². The molecule has 0 aromatic rings. The maximum Gasteiger partial charge on any atom is 0.305 e. The number of carbonyl (C=O) groups excluding carboxylic acids is 1. The molecule has 0 saturated heterocycles. The first kappa shape index (κ1) is 25.4. The molecule has 0 aliphatic carbocycles. The molecule has 0 aromatic heterocycles. The summed E-state index contributed by atoms with van der Waals surface area (Å²) in [5, 5.41) is 9.21. The third-order valence-corrected chi connectivity index (χ3v) is 4.94. The quantitative estimate of drug-likeness (QED) is 0.221. The highest BCUT2D eigenvalue weighted by Crippen LogP contribution is 2.13. The minimum atomic E-state index is -0.288. The van der Waals surface area contributed by atoms with E-state index in [1.54, 1.807) is 0 Å². The van der Waals surface area contributed by atoms with Crippen molar-refractivity contribution >= 4 is 5.97 Å². The van der Waals surface area contributed by atoms with Crippen molar-refractivity contribution in [3.05, 3.63) is 0 Å². The van der Waals surface area contributed by atoms with Gasteiger partial charge in [-0.15, -0.1) is 0 Å². The van der Waals surface area contributed by atoms with Gasteiger partial charge < -0.3 is 14.6 Å². The molecule has 0 aromatic carbocycles. The van der Waals surface area contributed by atoms with E-state index in [-0.39, 0.29) is 24.9 Å². The highest BCUT2D eigenvalue weighted by atomic mass is 16.5. The number of hydrogen-bond donors (Lipinski definition) is 1. The number of aliphatic hydroxyl groups excluding tert-OH is 1. The smallest absolute Gasteiger partial charge is 0.305 e. The van der Waals surface area contributed by atoms with Crippen LogP contribution in [0.2, 0.25) is 0 Å². The molecule has 156 valence electrons. The lowest BCUT2D eigenvalue weighted by molar-refractivity contribution is -0.142. The first-order valence-electron chi connectivity index (χ1n) is 11.0. The summed E-state index contributed by atoms with van der Waals surface area (Å²) in [7, 11) is 1.37. The van der Waals surface area contributed by atoms with Gasteiger partial charge in [0.1, 0.15) is 0 Å². The number of carbonyl (C=O) groups is 1. The zero-order valence-corrected chi connectivity index (χ0v) is 17.5. The molecule has 0 heterocycles. The fourth-order valence-corrected chi connectivity index (χ4v) is 3.14. The van der Waals surface area contributed by atoms with Crippen LogP contribution in [-0.2, 0) is 14.3 Å². The average Bonchev–Trinajstić information content (AvgIpc) is 2.66. The Bertz CT molecular complexity index is 294. The summed E-state index contributed by atoms with van der Waals surface area (Å²) in [6, 6.07) is 0. The Morgan fingerprint density at radius 2 is 1.27 bits per heavy atom. The zero-order chi connectivity index (χ0) is 19.3. The Hall–Kier alpha value is -0.610. The molecule has 4 heteroatoms. The van der Waals surface area contributed by atoms with Crippen molar-refractivity contribution in [3.63, 3.8) is 0 Å². The Kier molecular flexibility index (Phi) is 20.2. The van der Waals surface area contributed by atoms with E-state index in [0.29, 0.717) is 6.61 Å². The highest BCUT2D eigenvalue weighted by molar-refractivity contribution is 5.69. The summed E-state index contributed by atoms with van der Waals surface area (Å²) < 4.78 is 10.2. The molecule has 0 spiro atoms. The summed E-state index contributed by atoms with van der Waals surface area (Å²) in [6.45, 7) is 3.39. The van der Waals surface area contributed by atoms with Crippen molar-refractivity contribution < 1.29 is 19.4 Å². The SMILES string of the molecule is CCCCCCCCCCCCCCCCOCC(CO)CC(=O)OC. The Balaban J connectivity index is 3.20. The largest absolute Gasteiger partial charge is 0.469 e. The van der Waals surface area contributed by atoms with Gasteiger partial charge in [-0.05, 0) is 6.42 Å². The summed E-state index contributed by atoms with van der Waals surface area (Å²) in [4.78, 5) is 11.2. The van der Waals surface area contributed by atoms with E-state index in [0.717, 1.165) is 13.0 Å². The van der Waals surface area contributed by atoms with Crippen LogP contribution in [0.1, 0.15) is 103 Å². The van der Waals surface area contributed by atoms with Crippen LogP contribution in [0.5, 0.6) is 0 Å². The van der Waals surface area contributed by atoms with Crippen LogP contribution < -0.4 is 0 Å². The van der Waals surface area contributed by atoms with E-state index in [1.807, 2.05) is 0 Å². The molecule has 0 fully saturated rings. The molecule has 26 heavy (non-hydrogen) atoms. The van der Waals surface area contributed by atoms with Gasteiger partial charge in [-0.1, -0.05) is 90.4 Å². The fraction of sp³-hybridized carbons (Fsp3) is 0.955. The molecule has 0 rings (SSSR count). The number of hydrogen-bond acceptors (Lipinski definition) is 4. The van der Waals surface area contributed by atoms with Crippen molar-refractivity contribution in [2.24, 2.45) is 5.92 Å². The molecule has 1 N–H and O–H groups in total. The second-order valence-corrected chi connectivity index (χ2v) is 7.50. The minimum absolute atomic E-state index is 0.0339. The number of aliphatic hydroxyl groups is 1. The van der Waals surface area contributed by atoms with Crippen molar-refractivity contribution in [1.82, 2.24) is 0 Å². The average molecular weight is 373 g/mol. The predicted molar refractivity (Wildman–Crippen MR) is 108 cm³/mol. The maximum absolute atomic E-state index is 11.2. The molecule has 4 nitrogen and oxygen atoms in total. The van der Waals surface area contributed by atoms with Gasteiger partial charge >= 0.3 is 5.97 Å². The third-order valence-electron chi connectivity index (χ3n) is 4.94. The topological polar surface area (TPSA) is 55.8 Å². The predicted octanol–water partition coefficient (Wildman–Crippen LogP) is 5.66. The number of esters is 1. The zero-order valence-electron chi connectivity index (χ0n) is 17.5. The molecule has 0 aliphatic rings. The number of ether oxygens (including phenoxy) is 2. The van der Waals surface area contributed by atoms with Crippen LogP contribution in [0.4, 0.5) is 0 Å². The van der Waals surface area contributed by atoms with Crippen molar-refractivity contribution in [3.8, 4) is 0 Å². The Morgan fingerprint density at radius 3 is 1.69 bits per heavy atom. The molecule has 1 atom stereocenters. The normalized spacial score (nSPS) is 12.3. The van der Waals surface area contributed by atoms with Gasteiger partial charge in [0.2, 0.25) is 0 Å². The molecule has 0 saturated carbocycles. The number of methoxy groups -OCH3 is 1. The summed E-state index contributed by atoms with van der Waals surface area (Å²) >= 11 is 0. The molecule has 0 aliphatic heterocycles. The molecular weight excluding hydrogens is 328 g/mol. The van der Waals surface area contributed by atoms with Gasteiger partial charge in [0.25, 0.3) is 0 Å². The van der Waals surface area contributed by atoms with Crippen molar-refractivity contribution in [1.29, 1.82) is 0 Å². The second-order valence-electron chi connectivity index (χ2n) is 7.50. The first-order chi connectivity index (χ1) is 12.7. The van der Waals surface area contributed by atoms with Gasteiger partial charge in [-0.25, -0.2) is 0 Å². The summed E-state index contributed by atoms with van der Waals surface area (Å²) in [5.41, 5.74) is 0. The lowest BCUT2D eigenvalue weighted by Gasteiger charge is -2.13. The van der Waals surface area contributed by atoms with E-state index in [1.165, 1.54) is 90.6 Å². The molecule has 0 bridgehead atoms. The minimum Gasteiger partial charge on any atom is -0.469 e.